The van der Waals surface area contributed by atoms with Gasteiger partial charge in [0.25, 0.3) is 5.91 Å². The number of urea groups is 1. The standard InChI is InChI=1S/C28H36N6O2/c1-20-11-12-21(2)23(18-20)19-32-14-16-33(17-15-32)27-29-25-24(26(35)30-28(36)31(25)3)34(27)13-7-10-22-8-5-4-6-9-22/h4-6,8-9,11-12,18,24-25H,7,10,13-17,19H2,1-3H3,(H,30,35,36). The first-order valence-electron chi connectivity index (χ1n) is 12.9. The Morgan fingerprint density at radius 2 is 1.75 bits per heavy atom. The summed E-state index contributed by atoms with van der Waals surface area (Å²) in [6, 6.07) is 16.2. The van der Waals surface area contributed by atoms with E-state index in [1.807, 2.05) is 6.07 Å². The molecule has 0 aliphatic carbocycles. The van der Waals surface area contributed by atoms with Crippen molar-refractivity contribution in [1.82, 2.24) is 24.9 Å². The van der Waals surface area contributed by atoms with Crippen molar-refractivity contribution in [2.45, 2.75) is 45.4 Å². The second kappa shape index (κ2) is 10.3. The molecule has 2 atom stereocenters. The second-order valence-corrected chi connectivity index (χ2v) is 10.2. The van der Waals surface area contributed by atoms with E-state index in [0.717, 1.165) is 51.5 Å². The van der Waals surface area contributed by atoms with Gasteiger partial charge in [0.1, 0.15) is 0 Å². The van der Waals surface area contributed by atoms with Gasteiger partial charge in [-0.1, -0.05) is 54.1 Å². The summed E-state index contributed by atoms with van der Waals surface area (Å²) < 4.78 is 0. The molecule has 3 aliphatic heterocycles. The number of nitrogens with one attached hydrogen (secondary N) is 1. The monoisotopic (exact) mass is 488 g/mol. The molecule has 3 amide bonds. The van der Waals surface area contributed by atoms with Gasteiger partial charge in [0.05, 0.1) is 0 Å². The number of benzene rings is 2. The minimum atomic E-state index is -0.481. The fourth-order valence-electron chi connectivity index (χ4n) is 5.43. The number of aliphatic imine (C=N–C) groups is 1. The SMILES string of the molecule is Cc1ccc(C)c(CN2CCN(C3=NC4C(C(=O)NC(=O)N4C)N3CCCc3ccccc3)CC2)c1. The highest BCUT2D eigenvalue weighted by atomic mass is 16.2. The molecule has 1 N–H and O–H groups in total. The Balaban J connectivity index is 1.28. The van der Waals surface area contributed by atoms with Crippen LogP contribution in [0.1, 0.15) is 28.7 Å². The van der Waals surface area contributed by atoms with Crippen LogP contribution in [0, 0.1) is 13.8 Å². The van der Waals surface area contributed by atoms with Crippen molar-refractivity contribution in [2.75, 3.05) is 39.8 Å². The smallest absolute Gasteiger partial charge is 0.325 e. The molecular weight excluding hydrogens is 452 g/mol. The van der Waals surface area contributed by atoms with Crippen LogP contribution in [0.5, 0.6) is 0 Å². The van der Waals surface area contributed by atoms with Gasteiger partial charge in [-0.25, -0.2) is 9.79 Å². The average molecular weight is 489 g/mol. The van der Waals surface area contributed by atoms with Crippen molar-refractivity contribution >= 4 is 17.9 Å². The Morgan fingerprint density at radius 3 is 2.50 bits per heavy atom. The van der Waals surface area contributed by atoms with E-state index in [0.29, 0.717) is 6.54 Å². The van der Waals surface area contributed by atoms with E-state index in [1.165, 1.54) is 22.3 Å². The highest BCUT2D eigenvalue weighted by Gasteiger charge is 2.49. The lowest BCUT2D eigenvalue weighted by atomic mass is 10.0. The third-order valence-electron chi connectivity index (χ3n) is 7.60. The lowest BCUT2D eigenvalue weighted by molar-refractivity contribution is -0.127. The third kappa shape index (κ3) is 4.95. The molecular formula is C28H36N6O2. The molecule has 2 aromatic rings. The van der Waals surface area contributed by atoms with E-state index in [4.69, 9.17) is 4.99 Å². The zero-order chi connectivity index (χ0) is 25.2. The maximum Gasteiger partial charge on any atom is 0.325 e. The van der Waals surface area contributed by atoms with Gasteiger partial charge in [0.2, 0.25) is 0 Å². The van der Waals surface area contributed by atoms with Crippen molar-refractivity contribution < 1.29 is 9.59 Å². The summed E-state index contributed by atoms with van der Waals surface area (Å²) in [5.74, 6) is 0.594. The zero-order valence-electron chi connectivity index (χ0n) is 21.5. The first-order valence-corrected chi connectivity index (χ1v) is 12.9. The molecule has 2 unspecified atom stereocenters. The quantitative estimate of drug-likeness (QED) is 0.677. The molecule has 3 aliphatic rings. The molecule has 3 heterocycles. The summed E-state index contributed by atoms with van der Waals surface area (Å²) in [4.78, 5) is 38.6. The molecule has 36 heavy (non-hydrogen) atoms. The van der Waals surface area contributed by atoms with Crippen LogP contribution in [-0.2, 0) is 17.8 Å². The van der Waals surface area contributed by atoms with Crippen LogP contribution in [0.4, 0.5) is 4.79 Å². The largest absolute Gasteiger partial charge is 0.340 e. The van der Waals surface area contributed by atoms with Gasteiger partial charge in [-0.3, -0.25) is 15.0 Å². The number of carbonyl (C=O) groups excluding carboxylic acids is 2. The Bertz CT molecular complexity index is 1140. The van der Waals surface area contributed by atoms with E-state index >= 15 is 0 Å². The van der Waals surface area contributed by atoms with Gasteiger partial charge in [0, 0.05) is 46.3 Å². The molecule has 0 radical (unpaired) electrons. The van der Waals surface area contributed by atoms with Crippen molar-refractivity contribution in [2.24, 2.45) is 4.99 Å². The number of nitrogens with zero attached hydrogens (tertiary/aromatic N) is 5. The van der Waals surface area contributed by atoms with Gasteiger partial charge in [-0.2, -0.15) is 0 Å². The summed E-state index contributed by atoms with van der Waals surface area (Å²) in [6.07, 6.45) is 1.36. The van der Waals surface area contributed by atoms with Crippen molar-refractivity contribution in [3.63, 3.8) is 0 Å². The first kappa shape index (κ1) is 24.3. The minimum absolute atomic E-state index is 0.255. The maximum absolute atomic E-state index is 12.9. The maximum atomic E-state index is 12.9. The number of hydrogen-bond donors (Lipinski definition) is 1. The van der Waals surface area contributed by atoms with Crippen molar-refractivity contribution in [1.29, 1.82) is 0 Å². The Labute approximate surface area is 213 Å². The van der Waals surface area contributed by atoms with Crippen LogP contribution in [0.25, 0.3) is 0 Å². The molecule has 190 valence electrons. The number of aryl methyl sites for hydroxylation is 3. The number of piperazine rings is 1. The van der Waals surface area contributed by atoms with Crippen LogP contribution in [0.3, 0.4) is 0 Å². The number of imide groups is 1. The lowest BCUT2D eigenvalue weighted by Gasteiger charge is -2.40. The van der Waals surface area contributed by atoms with Crippen LogP contribution < -0.4 is 5.32 Å². The predicted octanol–water partition coefficient (Wildman–Crippen LogP) is 2.60. The normalized spacial score (nSPS) is 22.5. The number of amides is 3. The van der Waals surface area contributed by atoms with Gasteiger partial charge >= 0.3 is 6.03 Å². The summed E-state index contributed by atoms with van der Waals surface area (Å²) in [7, 11) is 1.72. The van der Waals surface area contributed by atoms with Gasteiger partial charge in [-0.05, 0) is 43.4 Å². The van der Waals surface area contributed by atoms with Crippen molar-refractivity contribution in [3.8, 4) is 0 Å². The van der Waals surface area contributed by atoms with E-state index in [-0.39, 0.29) is 11.9 Å². The van der Waals surface area contributed by atoms with E-state index < -0.39 is 12.2 Å². The van der Waals surface area contributed by atoms with Crippen LogP contribution in [0.2, 0.25) is 0 Å². The number of guanidine groups is 1. The minimum Gasteiger partial charge on any atom is -0.340 e. The zero-order valence-corrected chi connectivity index (χ0v) is 21.5. The number of hydrogen-bond acceptors (Lipinski definition) is 6. The summed E-state index contributed by atoms with van der Waals surface area (Å²) in [5, 5.41) is 2.51. The van der Waals surface area contributed by atoms with Crippen molar-refractivity contribution in [3.05, 3.63) is 70.8 Å². The average Bonchev–Trinajstić information content (AvgIpc) is 3.26. The molecule has 0 aromatic heterocycles. The summed E-state index contributed by atoms with van der Waals surface area (Å²) in [5.41, 5.74) is 5.29. The molecule has 2 saturated heterocycles. The number of carbonyl (C=O) groups is 2. The fourth-order valence-corrected chi connectivity index (χ4v) is 5.43. The van der Waals surface area contributed by atoms with Gasteiger partial charge in [0.15, 0.2) is 18.2 Å². The molecule has 8 heteroatoms. The second-order valence-electron chi connectivity index (χ2n) is 10.2. The number of fused-ring (bicyclic) bond motifs is 1. The highest BCUT2D eigenvalue weighted by molar-refractivity contribution is 6.03. The van der Waals surface area contributed by atoms with Crippen LogP contribution in [-0.4, -0.2) is 89.5 Å². The molecule has 0 saturated carbocycles. The predicted molar refractivity (Wildman–Crippen MR) is 141 cm³/mol. The number of likely N-dealkylation sites (N-methyl/N-ethyl adjacent to an activating group) is 1. The van der Waals surface area contributed by atoms with Gasteiger partial charge in [-0.15, -0.1) is 0 Å². The molecule has 8 nitrogen and oxygen atoms in total. The number of rotatable bonds is 6. The third-order valence-corrected chi connectivity index (χ3v) is 7.60. The summed E-state index contributed by atoms with van der Waals surface area (Å²) in [6.45, 7) is 9.53. The summed E-state index contributed by atoms with van der Waals surface area (Å²) >= 11 is 0. The lowest BCUT2D eigenvalue weighted by Crippen LogP contribution is -2.64. The fraction of sp³-hybridized carbons (Fsp3) is 0.464. The Morgan fingerprint density at radius 1 is 1.00 bits per heavy atom. The first-order chi connectivity index (χ1) is 17.4. The molecule has 0 bridgehead atoms. The molecule has 2 fully saturated rings. The molecule has 5 rings (SSSR count). The molecule has 2 aromatic carbocycles. The van der Waals surface area contributed by atoms with E-state index in [9.17, 15) is 9.59 Å². The Hall–Kier alpha value is -3.39. The topological polar surface area (TPSA) is 71.5 Å². The Kier molecular flexibility index (Phi) is 6.96. The molecule has 0 spiro atoms. The van der Waals surface area contributed by atoms with E-state index in [2.05, 4.69) is 76.3 Å². The van der Waals surface area contributed by atoms with Crippen LogP contribution in [0.15, 0.2) is 53.5 Å². The van der Waals surface area contributed by atoms with Gasteiger partial charge < -0.3 is 14.7 Å². The van der Waals surface area contributed by atoms with Crippen LogP contribution >= 0.6 is 0 Å². The van der Waals surface area contributed by atoms with E-state index in [1.54, 1.807) is 11.9 Å². The highest BCUT2D eigenvalue weighted by Crippen LogP contribution is 2.27.